The van der Waals surface area contributed by atoms with Crippen LogP contribution in [0.15, 0.2) is 96.0 Å². The van der Waals surface area contributed by atoms with Crippen molar-refractivity contribution in [1.82, 2.24) is 13.8 Å². The van der Waals surface area contributed by atoms with Crippen LogP contribution in [0.3, 0.4) is 0 Å². The Hall–Kier alpha value is -4.18. The molecular formula is C36H40N4O4S. The highest BCUT2D eigenvalue weighted by molar-refractivity contribution is 7.89. The van der Waals surface area contributed by atoms with Crippen LogP contribution in [0.5, 0.6) is 5.75 Å². The van der Waals surface area contributed by atoms with Crippen LogP contribution in [-0.4, -0.2) is 54.3 Å². The van der Waals surface area contributed by atoms with Crippen LogP contribution in [0.1, 0.15) is 44.5 Å². The molecule has 1 unspecified atom stereocenters. The normalized spacial score (nSPS) is 15.8. The van der Waals surface area contributed by atoms with E-state index in [1.165, 1.54) is 9.87 Å². The summed E-state index contributed by atoms with van der Waals surface area (Å²) in [6.45, 7) is 8.22. The zero-order valence-corrected chi connectivity index (χ0v) is 27.3. The summed E-state index contributed by atoms with van der Waals surface area (Å²) in [4.78, 5) is 16.0. The van der Waals surface area contributed by atoms with Gasteiger partial charge in [0.1, 0.15) is 5.75 Å². The maximum absolute atomic E-state index is 14.1. The zero-order chi connectivity index (χ0) is 31.9. The van der Waals surface area contributed by atoms with Crippen LogP contribution >= 0.6 is 0 Å². The lowest BCUT2D eigenvalue weighted by Crippen LogP contribution is -2.43. The maximum atomic E-state index is 14.1. The molecule has 5 aromatic rings. The molecule has 1 atom stereocenters. The van der Waals surface area contributed by atoms with Gasteiger partial charge in [-0.15, -0.1) is 0 Å². The van der Waals surface area contributed by atoms with E-state index in [9.17, 15) is 13.2 Å². The summed E-state index contributed by atoms with van der Waals surface area (Å²) >= 11 is 0. The van der Waals surface area contributed by atoms with Crippen molar-refractivity contribution in [2.45, 2.75) is 56.8 Å². The molecular weight excluding hydrogens is 584 g/mol. The highest BCUT2D eigenvalue weighted by Gasteiger charge is 2.38. The largest absolute Gasteiger partial charge is 0.497 e. The number of fused-ring (bicyclic) bond motifs is 3. The number of carbonyl (C=O) groups is 1. The second-order valence-corrected chi connectivity index (χ2v) is 14.7. The van der Waals surface area contributed by atoms with E-state index >= 15 is 0 Å². The van der Waals surface area contributed by atoms with Crippen LogP contribution in [0.2, 0.25) is 0 Å². The first-order valence-corrected chi connectivity index (χ1v) is 16.6. The average Bonchev–Trinajstić information content (AvgIpc) is 3.50. The topological polar surface area (TPSA) is 83.9 Å². The van der Waals surface area contributed by atoms with Gasteiger partial charge in [-0.3, -0.25) is 9.69 Å². The lowest BCUT2D eigenvalue weighted by Gasteiger charge is -2.35. The number of hydrogen-bond acceptors (Lipinski definition) is 5. The third kappa shape index (κ3) is 6.33. The van der Waals surface area contributed by atoms with E-state index < -0.39 is 16.1 Å². The van der Waals surface area contributed by atoms with E-state index in [0.717, 1.165) is 33.8 Å². The summed E-state index contributed by atoms with van der Waals surface area (Å²) in [6, 6.07) is 26.1. The first-order valence-electron chi connectivity index (χ1n) is 15.2. The molecule has 0 aliphatic carbocycles. The van der Waals surface area contributed by atoms with Gasteiger partial charge in [-0.2, -0.15) is 4.31 Å². The van der Waals surface area contributed by atoms with Crippen molar-refractivity contribution in [3.8, 4) is 5.75 Å². The molecule has 1 amide bonds. The van der Waals surface area contributed by atoms with Crippen LogP contribution in [-0.2, 0) is 27.9 Å². The molecule has 0 saturated carbocycles. The molecule has 1 aromatic heterocycles. The highest BCUT2D eigenvalue weighted by Crippen LogP contribution is 2.35. The number of sulfonamides is 1. The summed E-state index contributed by atoms with van der Waals surface area (Å²) in [6.07, 6.45) is 1.93. The Kier molecular flexibility index (Phi) is 8.20. The molecule has 4 aromatic carbocycles. The standard InChI is InChI=1S/C36H40N4O4S/c1-36(2,3)38(4)24-25-8-9-27-20-30(13-10-26(27)19-25)37-35(41)23-34-33-7-6-16-39(33)17-18-40(34)45(42,43)32-15-12-28-21-31(44-5)14-11-29(28)22-32/h6-16,19-22,34H,17-18,23-24H2,1-5H3,(H,37,41). The predicted molar refractivity (Wildman–Crippen MR) is 180 cm³/mol. The molecule has 9 heteroatoms. The minimum Gasteiger partial charge on any atom is -0.497 e. The van der Waals surface area contributed by atoms with Crippen molar-refractivity contribution in [2.24, 2.45) is 0 Å². The summed E-state index contributed by atoms with van der Waals surface area (Å²) in [5.41, 5.74) is 2.78. The molecule has 1 aliphatic rings. The molecule has 0 saturated heterocycles. The number of amides is 1. The third-order valence-corrected chi connectivity index (χ3v) is 10.8. The fraction of sp³-hybridized carbons (Fsp3) is 0.306. The minimum absolute atomic E-state index is 0.00979. The lowest BCUT2D eigenvalue weighted by molar-refractivity contribution is -0.117. The number of aromatic nitrogens is 1. The minimum atomic E-state index is -3.90. The van der Waals surface area contributed by atoms with Gasteiger partial charge in [0.2, 0.25) is 15.9 Å². The van der Waals surface area contributed by atoms with Gasteiger partial charge in [0.05, 0.1) is 18.0 Å². The Morgan fingerprint density at radius 1 is 0.911 bits per heavy atom. The molecule has 0 fully saturated rings. The van der Waals surface area contributed by atoms with Gasteiger partial charge in [-0.1, -0.05) is 30.3 Å². The van der Waals surface area contributed by atoms with Crippen molar-refractivity contribution < 1.29 is 17.9 Å². The van der Waals surface area contributed by atoms with Gasteiger partial charge in [0.25, 0.3) is 0 Å². The fourth-order valence-corrected chi connectivity index (χ4v) is 7.56. The van der Waals surface area contributed by atoms with Gasteiger partial charge >= 0.3 is 0 Å². The van der Waals surface area contributed by atoms with Crippen LogP contribution in [0, 0.1) is 0 Å². The lowest BCUT2D eigenvalue weighted by atomic mass is 10.0. The van der Waals surface area contributed by atoms with Crippen molar-refractivity contribution in [3.05, 3.63) is 102 Å². The van der Waals surface area contributed by atoms with Crippen LogP contribution < -0.4 is 10.1 Å². The summed E-state index contributed by atoms with van der Waals surface area (Å²) < 4.78 is 37.0. The summed E-state index contributed by atoms with van der Waals surface area (Å²) in [5, 5.41) is 6.85. The zero-order valence-electron chi connectivity index (χ0n) is 26.4. The number of nitrogens with one attached hydrogen (secondary N) is 1. The highest BCUT2D eigenvalue weighted by atomic mass is 32.2. The van der Waals surface area contributed by atoms with Gasteiger partial charge in [-0.05, 0) is 110 Å². The monoisotopic (exact) mass is 624 g/mol. The number of anilines is 1. The smallest absolute Gasteiger partial charge is 0.243 e. The molecule has 0 spiro atoms. The maximum Gasteiger partial charge on any atom is 0.243 e. The number of nitrogens with zero attached hydrogens (tertiary/aromatic N) is 3. The average molecular weight is 625 g/mol. The van der Waals surface area contributed by atoms with E-state index in [1.807, 2.05) is 59.3 Å². The van der Waals surface area contributed by atoms with E-state index in [1.54, 1.807) is 25.3 Å². The number of methoxy groups -OCH3 is 1. The van der Waals surface area contributed by atoms with Crippen molar-refractivity contribution in [2.75, 3.05) is 26.0 Å². The third-order valence-electron chi connectivity index (χ3n) is 8.87. The molecule has 1 N–H and O–H groups in total. The fourth-order valence-electron chi connectivity index (χ4n) is 5.93. The van der Waals surface area contributed by atoms with Crippen molar-refractivity contribution in [1.29, 1.82) is 0 Å². The van der Waals surface area contributed by atoms with Gasteiger partial charge < -0.3 is 14.6 Å². The Morgan fingerprint density at radius 3 is 2.38 bits per heavy atom. The van der Waals surface area contributed by atoms with Gasteiger partial charge in [0, 0.05) is 49.2 Å². The molecule has 45 heavy (non-hydrogen) atoms. The molecule has 6 rings (SSSR count). The Bertz CT molecular complexity index is 1990. The molecule has 0 bridgehead atoms. The van der Waals surface area contributed by atoms with E-state index in [0.29, 0.717) is 18.0 Å². The molecule has 1 aliphatic heterocycles. The molecule has 2 heterocycles. The van der Waals surface area contributed by atoms with E-state index in [2.05, 4.69) is 56.2 Å². The van der Waals surface area contributed by atoms with Gasteiger partial charge in [0.15, 0.2) is 0 Å². The molecule has 0 radical (unpaired) electrons. The predicted octanol–water partition coefficient (Wildman–Crippen LogP) is 6.81. The first-order chi connectivity index (χ1) is 21.4. The van der Waals surface area contributed by atoms with E-state index in [4.69, 9.17) is 4.74 Å². The molecule has 234 valence electrons. The van der Waals surface area contributed by atoms with E-state index in [-0.39, 0.29) is 29.3 Å². The first kappa shape index (κ1) is 30.8. The second kappa shape index (κ2) is 12.0. The molecule has 8 nitrogen and oxygen atoms in total. The number of ether oxygens (including phenoxy) is 1. The SMILES string of the molecule is COc1ccc2cc(S(=O)(=O)N3CCn4cccc4C3CC(=O)Nc3ccc4cc(CN(C)C(C)(C)C)ccc4c3)ccc2c1. The number of hydrogen-bond donors (Lipinski definition) is 1. The van der Waals surface area contributed by atoms with Crippen LogP contribution in [0.4, 0.5) is 5.69 Å². The van der Waals surface area contributed by atoms with Crippen LogP contribution in [0.25, 0.3) is 21.5 Å². The summed E-state index contributed by atoms with van der Waals surface area (Å²) in [5.74, 6) is 0.462. The Labute approximate surface area is 265 Å². The second-order valence-electron chi connectivity index (χ2n) is 12.8. The quantitative estimate of drug-likeness (QED) is 0.205. The van der Waals surface area contributed by atoms with Crippen molar-refractivity contribution in [3.63, 3.8) is 0 Å². The Morgan fingerprint density at radius 2 is 1.60 bits per heavy atom. The summed E-state index contributed by atoms with van der Waals surface area (Å²) in [7, 11) is -0.177. The van der Waals surface area contributed by atoms with Crippen molar-refractivity contribution >= 4 is 43.2 Å². The number of rotatable bonds is 8. The number of benzene rings is 4. The number of carbonyl (C=O) groups excluding carboxylic acids is 1. The van der Waals surface area contributed by atoms with Gasteiger partial charge in [-0.25, -0.2) is 8.42 Å². The Balaban J connectivity index is 1.22.